The molecule has 4 rings (SSSR count). The topological polar surface area (TPSA) is 78.5 Å². The normalized spacial score (nSPS) is 13.9. The van der Waals surface area contributed by atoms with E-state index in [1.165, 1.54) is 24.3 Å². The van der Waals surface area contributed by atoms with Gasteiger partial charge in [-0.15, -0.1) is 0 Å². The first-order chi connectivity index (χ1) is 16.4. The van der Waals surface area contributed by atoms with Crippen LogP contribution >= 0.6 is 0 Å². The molecule has 0 aromatic heterocycles. The summed E-state index contributed by atoms with van der Waals surface area (Å²) < 4.78 is 13.1. The summed E-state index contributed by atoms with van der Waals surface area (Å²) in [5.41, 5.74) is 2.97. The predicted molar refractivity (Wildman–Crippen MR) is 129 cm³/mol. The molecule has 0 unspecified atom stereocenters. The van der Waals surface area contributed by atoms with E-state index < -0.39 is 0 Å². The lowest BCUT2D eigenvalue weighted by Gasteiger charge is -2.31. The van der Waals surface area contributed by atoms with Gasteiger partial charge in [0, 0.05) is 30.3 Å². The standard InChI is InChI=1S/C27H26FN3O3/c1-18-5-4-6-22(17-18)29-26(33)23-7-2-3-8-24(23)30-25(32)19-13-15-31(16-14-19)27(34)20-9-11-21(28)12-10-20/h2-12,17,19H,13-16H2,1H3,(H,29,33)(H,30,32). The Hall–Kier alpha value is -4.00. The molecule has 3 aromatic rings. The van der Waals surface area contributed by atoms with E-state index in [1.807, 2.05) is 31.2 Å². The number of carbonyl (C=O) groups is 3. The maximum atomic E-state index is 13.1. The van der Waals surface area contributed by atoms with Gasteiger partial charge in [-0.25, -0.2) is 4.39 Å². The lowest BCUT2D eigenvalue weighted by Crippen LogP contribution is -2.41. The molecule has 0 atom stereocenters. The molecule has 0 aliphatic carbocycles. The van der Waals surface area contributed by atoms with Crippen LogP contribution in [0.15, 0.2) is 72.8 Å². The number of para-hydroxylation sites is 1. The number of aryl methyl sites for hydroxylation is 1. The molecule has 7 heteroatoms. The summed E-state index contributed by atoms with van der Waals surface area (Å²) in [6, 6.07) is 19.9. The van der Waals surface area contributed by atoms with Crippen LogP contribution < -0.4 is 10.6 Å². The Bertz CT molecular complexity index is 1200. The predicted octanol–water partition coefficient (Wildman–Crippen LogP) is 4.88. The first-order valence-electron chi connectivity index (χ1n) is 11.2. The van der Waals surface area contributed by atoms with Crippen molar-refractivity contribution in [3.8, 4) is 0 Å². The highest BCUT2D eigenvalue weighted by molar-refractivity contribution is 6.10. The number of benzene rings is 3. The molecule has 174 valence electrons. The second-order valence-electron chi connectivity index (χ2n) is 8.43. The fourth-order valence-corrected chi connectivity index (χ4v) is 4.07. The Labute approximate surface area is 197 Å². The largest absolute Gasteiger partial charge is 0.339 e. The van der Waals surface area contributed by atoms with Crippen LogP contribution in [0.5, 0.6) is 0 Å². The van der Waals surface area contributed by atoms with Gasteiger partial charge in [0.1, 0.15) is 5.82 Å². The zero-order chi connectivity index (χ0) is 24.1. The Morgan fingerprint density at radius 1 is 0.882 bits per heavy atom. The molecule has 0 radical (unpaired) electrons. The highest BCUT2D eigenvalue weighted by atomic mass is 19.1. The number of hydrogen-bond donors (Lipinski definition) is 2. The van der Waals surface area contributed by atoms with Crippen LogP contribution in [0, 0.1) is 18.7 Å². The van der Waals surface area contributed by atoms with Gasteiger partial charge >= 0.3 is 0 Å². The molecule has 6 nitrogen and oxygen atoms in total. The number of likely N-dealkylation sites (tertiary alicyclic amines) is 1. The molecule has 2 N–H and O–H groups in total. The second kappa shape index (κ2) is 10.3. The average Bonchev–Trinajstić information content (AvgIpc) is 2.84. The number of halogens is 1. The fraction of sp³-hybridized carbons (Fsp3) is 0.222. The third-order valence-corrected chi connectivity index (χ3v) is 5.95. The SMILES string of the molecule is Cc1cccc(NC(=O)c2ccccc2NC(=O)C2CCN(C(=O)c3ccc(F)cc3)CC2)c1. The summed E-state index contributed by atoms with van der Waals surface area (Å²) >= 11 is 0. The number of nitrogens with one attached hydrogen (secondary N) is 2. The molecule has 0 bridgehead atoms. The van der Waals surface area contributed by atoms with Gasteiger partial charge in [0.15, 0.2) is 0 Å². The van der Waals surface area contributed by atoms with Crippen molar-refractivity contribution in [2.24, 2.45) is 5.92 Å². The second-order valence-corrected chi connectivity index (χ2v) is 8.43. The molecular formula is C27H26FN3O3. The maximum absolute atomic E-state index is 13.1. The molecule has 1 heterocycles. The molecule has 3 amide bonds. The molecule has 0 saturated carbocycles. The van der Waals surface area contributed by atoms with Gasteiger partial charge in [0.05, 0.1) is 11.3 Å². The van der Waals surface area contributed by atoms with Crippen molar-refractivity contribution < 1.29 is 18.8 Å². The number of anilines is 2. The maximum Gasteiger partial charge on any atom is 0.257 e. The third kappa shape index (κ3) is 5.49. The van der Waals surface area contributed by atoms with E-state index in [0.29, 0.717) is 48.4 Å². The summed E-state index contributed by atoms with van der Waals surface area (Å²) in [5, 5.41) is 5.77. The quantitative estimate of drug-likeness (QED) is 0.571. The first kappa shape index (κ1) is 23.2. The van der Waals surface area contributed by atoms with E-state index in [-0.39, 0.29) is 29.5 Å². The highest BCUT2D eigenvalue weighted by Gasteiger charge is 2.28. The van der Waals surface area contributed by atoms with Gasteiger partial charge < -0.3 is 15.5 Å². The summed E-state index contributed by atoms with van der Waals surface area (Å²) in [5.74, 6) is -1.31. The van der Waals surface area contributed by atoms with Crippen LogP contribution in [0.2, 0.25) is 0 Å². The van der Waals surface area contributed by atoms with E-state index >= 15 is 0 Å². The van der Waals surface area contributed by atoms with E-state index in [9.17, 15) is 18.8 Å². The van der Waals surface area contributed by atoms with Gasteiger partial charge in [-0.05, 0) is 73.9 Å². The number of nitrogens with zero attached hydrogens (tertiary/aromatic N) is 1. The van der Waals surface area contributed by atoms with E-state index in [0.717, 1.165) is 5.56 Å². The van der Waals surface area contributed by atoms with Crippen LogP contribution in [0.1, 0.15) is 39.1 Å². The first-order valence-corrected chi connectivity index (χ1v) is 11.2. The molecule has 3 aromatic carbocycles. The minimum absolute atomic E-state index is 0.169. The Morgan fingerprint density at radius 3 is 2.29 bits per heavy atom. The smallest absolute Gasteiger partial charge is 0.257 e. The number of carbonyl (C=O) groups excluding carboxylic acids is 3. The Balaban J connectivity index is 1.37. The third-order valence-electron chi connectivity index (χ3n) is 5.95. The molecule has 1 fully saturated rings. The van der Waals surface area contributed by atoms with E-state index in [1.54, 1.807) is 29.2 Å². The summed E-state index contributed by atoms with van der Waals surface area (Å²) in [7, 11) is 0. The van der Waals surface area contributed by atoms with Crippen molar-refractivity contribution in [2.75, 3.05) is 23.7 Å². The lowest BCUT2D eigenvalue weighted by atomic mass is 9.95. The van der Waals surface area contributed by atoms with Crippen LogP contribution in [0.3, 0.4) is 0 Å². The van der Waals surface area contributed by atoms with Gasteiger partial charge in [-0.1, -0.05) is 24.3 Å². The lowest BCUT2D eigenvalue weighted by molar-refractivity contribution is -0.121. The van der Waals surface area contributed by atoms with Gasteiger partial charge in [0.2, 0.25) is 5.91 Å². The molecule has 1 saturated heterocycles. The fourth-order valence-electron chi connectivity index (χ4n) is 4.07. The summed E-state index contributed by atoms with van der Waals surface area (Å²) in [6.45, 7) is 2.82. The summed E-state index contributed by atoms with van der Waals surface area (Å²) in [4.78, 5) is 40.1. The monoisotopic (exact) mass is 459 g/mol. The van der Waals surface area contributed by atoms with Crippen LogP contribution in [0.4, 0.5) is 15.8 Å². The van der Waals surface area contributed by atoms with Crippen molar-refractivity contribution in [2.45, 2.75) is 19.8 Å². The minimum Gasteiger partial charge on any atom is -0.339 e. The van der Waals surface area contributed by atoms with Crippen molar-refractivity contribution in [1.29, 1.82) is 0 Å². The van der Waals surface area contributed by atoms with Crippen LogP contribution in [-0.4, -0.2) is 35.7 Å². The Morgan fingerprint density at radius 2 is 1.59 bits per heavy atom. The minimum atomic E-state index is -0.389. The molecule has 0 spiro atoms. The average molecular weight is 460 g/mol. The van der Waals surface area contributed by atoms with Crippen LogP contribution in [0.25, 0.3) is 0 Å². The zero-order valence-electron chi connectivity index (χ0n) is 18.9. The van der Waals surface area contributed by atoms with E-state index in [4.69, 9.17) is 0 Å². The Kier molecular flexibility index (Phi) is 7.01. The molecule has 1 aliphatic rings. The number of rotatable bonds is 5. The van der Waals surface area contributed by atoms with Crippen LogP contribution in [-0.2, 0) is 4.79 Å². The zero-order valence-corrected chi connectivity index (χ0v) is 18.9. The van der Waals surface area contributed by atoms with Gasteiger partial charge in [0.25, 0.3) is 11.8 Å². The molecule has 1 aliphatic heterocycles. The van der Waals surface area contributed by atoms with Crippen molar-refractivity contribution in [3.63, 3.8) is 0 Å². The highest BCUT2D eigenvalue weighted by Crippen LogP contribution is 2.23. The number of amides is 3. The van der Waals surface area contributed by atoms with Crippen molar-refractivity contribution in [1.82, 2.24) is 4.90 Å². The number of piperidine rings is 1. The van der Waals surface area contributed by atoms with Gasteiger partial charge in [-0.3, -0.25) is 14.4 Å². The number of hydrogen-bond acceptors (Lipinski definition) is 3. The van der Waals surface area contributed by atoms with E-state index in [2.05, 4.69) is 10.6 Å². The van der Waals surface area contributed by atoms with Gasteiger partial charge in [-0.2, -0.15) is 0 Å². The van der Waals surface area contributed by atoms with Crippen molar-refractivity contribution in [3.05, 3.63) is 95.3 Å². The molecular weight excluding hydrogens is 433 g/mol. The van der Waals surface area contributed by atoms with Crippen molar-refractivity contribution >= 4 is 29.1 Å². The molecule has 34 heavy (non-hydrogen) atoms. The summed E-state index contributed by atoms with van der Waals surface area (Å²) in [6.07, 6.45) is 1.02.